The third kappa shape index (κ3) is 6.93. The summed E-state index contributed by atoms with van der Waals surface area (Å²) in [5, 5.41) is 27.9. The van der Waals surface area contributed by atoms with Gasteiger partial charge in [-0.3, -0.25) is 0 Å². The van der Waals surface area contributed by atoms with E-state index in [1.807, 2.05) is 0 Å². The monoisotopic (exact) mass is 1090 g/mol. The zero-order valence-electron chi connectivity index (χ0n) is 46.4. The Labute approximate surface area is 492 Å². The summed E-state index contributed by atoms with van der Waals surface area (Å²) in [5.41, 5.74) is 9.87. The Hall–Kier alpha value is -11.5. The van der Waals surface area contributed by atoms with E-state index in [-0.39, 0.29) is 0 Å². The number of nitrogens with zero attached hydrogens (tertiary/aromatic N) is 2. The van der Waals surface area contributed by atoms with Crippen LogP contribution >= 0.6 is 0 Å². The van der Waals surface area contributed by atoms with Crippen molar-refractivity contribution in [3.05, 3.63) is 291 Å². The molecular formula is C82H48N2O2. The summed E-state index contributed by atoms with van der Waals surface area (Å²) in [6.07, 6.45) is 0. The molecule has 17 aromatic carbocycles. The van der Waals surface area contributed by atoms with Gasteiger partial charge in [0.15, 0.2) is 0 Å². The van der Waals surface area contributed by atoms with Crippen LogP contribution in [0.1, 0.15) is 0 Å². The maximum absolute atomic E-state index is 7.13. The van der Waals surface area contributed by atoms with Crippen molar-refractivity contribution in [2.24, 2.45) is 0 Å². The van der Waals surface area contributed by atoms with Gasteiger partial charge < -0.3 is 18.6 Å². The van der Waals surface area contributed by atoms with Crippen LogP contribution in [0.3, 0.4) is 0 Å². The van der Waals surface area contributed by atoms with Crippen molar-refractivity contribution in [1.82, 2.24) is 0 Å². The van der Waals surface area contributed by atoms with Gasteiger partial charge in [0, 0.05) is 49.1 Å². The number of rotatable bonds is 6. The third-order valence-corrected chi connectivity index (χ3v) is 18.4. The molecule has 4 heteroatoms. The third-order valence-electron chi connectivity index (χ3n) is 18.4. The average molecular weight is 1090 g/mol. The summed E-state index contributed by atoms with van der Waals surface area (Å²) in [6, 6.07) is 107. The number of hydrogen-bond acceptors (Lipinski definition) is 4. The van der Waals surface area contributed by atoms with Crippen molar-refractivity contribution in [3.63, 3.8) is 0 Å². The van der Waals surface area contributed by atoms with Gasteiger partial charge in [0.2, 0.25) is 0 Å². The molecule has 0 saturated heterocycles. The molecule has 0 aliphatic carbocycles. The molecule has 0 atom stereocenters. The molecule has 0 amide bonds. The lowest BCUT2D eigenvalue weighted by atomic mass is 9.96. The second-order valence-electron chi connectivity index (χ2n) is 23.1. The fourth-order valence-corrected chi connectivity index (χ4v) is 14.6. The van der Waals surface area contributed by atoms with E-state index in [4.69, 9.17) is 8.83 Å². The van der Waals surface area contributed by atoms with Crippen LogP contribution < -0.4 is 9.80 Å². The van der Waals surface area contributed by atoms with Crippen molar-refractivity contribution in [2.75, 3.05) is 9.80 Å². The second kappa shape index (κ2) is 18.0. The number of hydrogen-bond donors (Lipinski definition) is 0. The normalized spacial score (nSPS) is 12.2. The van der Waals surface area contributed by atoms with Gasteiger partial charge in [-0.1, -0.05) is 206 Å². The smallest absolute Gasteiger partial charge is 0.147 e. The Balaban J connectivity index is 0.785. The maximum atomic E-state index is 7.13. The minimum absolute atomic E-state index is 0.793. The van der Waals surface area contributed by atoms with Gasteiger partial charge in [0.1, 0.15) is 22.3 Å². The number of furan rings is 2. The summed E-state index contributed by atoms with van der Waals surface area (Å²) in [5.74, 6) is 0. The lowest BCUT2D eigenvalue weighted by Gasteiger charge is -2.29. The highest BCUT2D eigenvalue weighted by Gasteiger charge is 2.25. The highest BCUT2D eigenvalue weighted by molar-refractivity contribution is 6.26. The van der Waals surface area contributed by atoms with E-state index < -0.39 is 0 Å². The first-order chi connectivity index (χ1) is 42.6. The van der Waals surface area contributed by atoms with Gasteiger partial charge in [0.25, 0.3) is 0 Å². The van der Waals surface area contributed by atoms with E-state index in [2.05, 4.69) is 301 Å². The van der Waals surface area contributed by atoms with Gasteiger partial charge in [-0.05, 0) is 171 Å². The van der Waals surface area contributed by atoms with Crippen molar-refractivity contribution >= 4 is 186 Å². The average Bonchev–Trinajstić information content (AvgIpc) is 1.54. The minimum Gasteiger partial charge on any atom is -0.456 e. The Bertz CT molecular complexity index is 5890. The van der Waals surface area contributed by atoms with E-state index in [0.717, 1.165) is 99.5 Å². The molecule has 0 fully saturated rings. The molecule has 0 spiro atoms. The van der Waals surface area contributed by atoms with Gasteiger partial charge >= 0.3 is 0 Å². The Kier molecular flexibility index (Phi) is 9.86. The van der Waals surface area contributed by atoms with E-state index in [1.165, 1.54) is 86.2 Å². The molecule has 0 aliphatic rings. The highest BCUT2D eigenvalue weighted by atomic mass is 16.3. The fourth-order valence-electron chi connectivity index (χ4n) is 14.6. The molecule has 19 rings (SSSR count). The molecule has 2 aromatic heterocycles. The molecule has 0 aliphatic heterocycles. The first kappa shape index (κ1) is 47.1. The molecule has 86 heavy (non-hydrogen) atoms. The standard InChI is InChI=1S/C82H48N2O2/c1-5-21-63-49(13-1)29-33-53-17-9-25-70(77(53)63)83(71-26-10-18-54-34-30-50-14-2-6-22-64(50)78(54)71)61-39-37-57-45-68-67-41-42-74-81(82(67)86-75(68)47-59(57)43-61)69-46-58-38-40-62(44-60(58)48-76(69)85-74)84(72-27-11-19-55-35-31-51-15-3-7-23-65(51)79(55)72)73-28-12-20-56-36-32-52-16-4-8-24-66(52)80(56)73/h1-48H. The van der Waals surface area contributed by atoms with E-state index in [0.29, 0.717) is 0 Å². The molecule has 19 aromatic rings. The minimum atomic E-state index is 0.793. The molecule has 398 valence electrons. The molecule has 0 radical (unpaired) electrons. The van der Waals surface area contributed by atoms with Gasteiger partial charge in [0.05, 0.1) is 28.1 Å². The Morgan fingerprint density at radius 3 is 0.953 bits per heavy atom. The van der Waals surface area contributed by atoms with Crippen LogP contribution in [0, 0.1) is 0 Å². The van der Waals surface area contributed by atoms with Crippen molar-refractivity contribution < 1.29 is 8.83 Å². The summed E-state index contributed by atoms with van der Waals surface area (Å²) in [6.45, 7) is 0. The van der Waals surface area contributed by atoms with Crippen LogP contribution in [0.5, 0.6) is 0 Å². The SMILES string of the molecule is c1ccc2c(c1)ccc1cccc(N(c3ccc4cc5c(cc4c3)oc3c5ccc4oc5cc6cc(N(c7cccc8ccc9ccccc9c78)c7cccc8ccc9ccccc9c78)ccc6cc5c43)c3cccc4ccc5ccccc5c34)c12. The predicted molar refractivity (Wildman–Crippen MR) is 365 cm³/mol. The number of fused-ring (bicyclic) bond motifs is 21. The Morgan fingerprint density at radius 2 is 0.535 bits per heavy atom. The maximum Gasteiger partial charge on any atom is 0.147 e. The number of anilines is 6. The number of benzene rings is 17. The van der Waals surface area contributed by atoms with Gasteiger partial charge in [-0.25, -0.2) is 0 Å². The first-order valence-electron chi connectivity index (χ1n) is 29.5. The van der Waals surface area contributed by atoms with Gasteiger partial charge in [-0.2, -0.15) is 0 Å². The van der Waals surface area contributed by atoms with Crippen LogP contribution in [-0.4, -0.2) is 0 Å². The zero-order valence-corrected chi connectivity index (χ0v) is 46.4. The van der Waals surface area contributed by atoms with Crippen molar-refractivity contribution in [3.8, 4) is 0 Å². The van der Waals surface area contributed by atoms with Gasteiger partial charge in [-0.15, -0.1) is 0 Å². The van der Waals surface area contributed by atoms with E-state index in [1.54, 1.807) is 0 Å². The van der Waals surface area contributed by atoms with Crippen LogP contribution in [0.4, 0.5) is 34.1 Å². The van der Waals surface area contributed by atoms with Crippen LogP contribution in [-0.2, 0) is 0 Å². The van der Waals surface area contributed by atoms with E-state index in [9.17, 15) is 0 Å². The first-order valence-corrected chi connectivity index (χ1v) is 29.5. The topological polar surface area (TPSA) is 32.8 Å². The molecule has 4 nitrogen and oxygen atoms in total. The van der Waals surface area contributed by atoms with Crippen LogP contribution in [0.15, 0.2) is 300 Å². The Morgan fingerprint density at radius 1 is 0.186 bits per heavy atom. The molecular weight excluding hydrogens is 1040 g/mol. The molecule has 0 N–H and O–H groups in total. The largest absolute Gasteiger partial charge is 0.456 e. The molecule has 2 heterocycles. The van der Waals surface area contributed by atoms with Crippen molar-refractivity contribution in [1.29, 1.82) is 0 Å². The molecule has 0 bridgehead atoms. The lowest BCUT2D eigenvalue weighted by molar-refractivity contribution is 0.663. The van der Waals surface area contributed by atoms with E-state index >= 15 is 0 Å². The fraction of sp³-hybridized carbons (Fsp3) is 0. The summed E-state index contributed by atoms with van der Waals surface area (Å²) in [7, 11) is 0. The van der Waals surface area contributed by atoms with Crippen molar-refractivity contribution in [2.45, 2.75) is 0 Å². The summed E-state index contributed by atoms with van der Waals surface area (Å²) in [4.78, 5) is 4.96. The molecule has 0 unspecified atom stereocenters. The zero-order chi connectivity index (χ0) is 56.1. The summed E-state index contributed by atoms with van der Waals surface area (Å²) < 4.78 is 14.0. The highest BCUT2D eigenvalue weighted by Crippen LogP contribution is 2.50. The quantitative estimate of drug-likeness (QED) is 0.155. The second-order valence-corrected chi connectivity index (χ2v) is 23.1. The van der Waals surface area contributed by atoms with Crippen LogP contribution in [0.25, 0.3) is 152 Å². The predicted octanol–water partition coefficient (Wildman–Crippen LogP) is 24.0. The van der Waals surface area contributed by atoms with Crippen LogP contribution in [0.2, 0.25) is 0 Å². The lowest BCUT2D eigenvalue weighted by Crippen LogP contribution is -2.11. The molecule has 0 saturated carbocycles. The summed E-state index contributed by atoms with van der Waals surface area (Å²) >= 11 is 0.